The van der Waals surface area contributed by atoms with E-state index in [9.17, 15) is 0 Å². The second-order valence-corrected chi connectivity index (χ2v) is 4.88. The Morgan fingerprint density at radius 2 is 1.93 bits per heavy atom. The monoisotopic (exact) mass is 191 g/mol. The molecule has 1 aliphatic heterocycles. The third-order valence-electron chi connectivity index (χ3n) is 2.67. The predicted molar refractivity (Wildman–Crippen MR) is 57.6 cm³/mol. The number of rotatable bonds is 0. The summed E-state index contributed by atoms with van der Waals surface area (Å²) >= 11 is 0. The fourth-order valence-electron chi connectivity index (χ4n) is 1.57. The molecular formula is C12H17NO. The number of hydrogen-bond acceptors (Lipinski definition) is 2. The van der Waals surface area contributed by atoms with Crippen molar-refractivity contribution in [2.75, 3.05) is 6.61 Å². The van der Waals surface area contributed by atoms with E-state index in [0.717, 1.165) is 18.1 Å². The molecule has 2 rings (SSSR count). The van der Waals surface area contributed by atoms with E-state index in [0.29, 0.717) is 6.04 Å². The highest BCUT2D eigenvalue weighted by atomic mass is 16.5. The van der Waals surface area contributed by atoms with Gasteiger partial charge < -0.3 is 10.1 Å². The Balaban J connectivity index is 2.12. The Hall–Kier alpha value is -1.18. The smallest absolute Gasteiger partial charge is 0.194 e. The van der Waals surface area contributed by atoms with E-state index in [1.54, 1.807) is 0 Å². The zero-order valence-corrected chi connectivity index (χ0v) is 9.00. The normalized spacial score (nSPS) is 25.5. The Labute approximate surface area is 85.3 Å². The molecule has 0 aromatic rings. The molecule has 1 aliphatic carbocycles. The maximum atomic E-state index is 5.64. The summed E-state index contributed by atoms with van der Waals surface area (Å²) in [4.78, 5) is 0. The molecule has 0 spiro atoms. The molecule has 14 heavy (non-hydrogen) atoms. The molecule has 0 aromatic heterocycles. The lowest BCUT2D eigenvalue weighted by Gasteiger charge is -2.24. The van der Waals surface area contributed by atoms with Crippen LogP contribution >= 0.6 is 0 Å². The van der Waals surface area contributed by atoms with Crippen LogP contribution in [0.5, 0.6) is 0 Å². The predicted octanol–water partition coefficient (Wildman–Crippen LogP) is 2.36. The first kappa shape index (κ1) is 9.38. The van der Waals surface area contributed by atoms with Gasteiger partial charge in [-0.2, -0.15) is 0 Å². The molecule has 1 atom stereocenters. The fourth-order valence-corrected chi connectivity index (χ4v) is 1.57. The van der Waals surface area contributed by atoms with Gasteiger partial charge in [-0.1, -0.05) is 32.9 Å². The number of allylic oxidation sites excluding steroid dienone is 5. The van der Waals surface area contributed by atoms with Gasteiger partial charge in [-0.3, -0.25) is 0 Å². The first-order valence-corrected chi connectivity index (χ1v) is 5.06. The molecule has 0 saturated carbocycles. The molecule has 0 bridgehead atoms. The quantitative estimate of drug-likeness (QED) is 0.634. The van der Waals surface area contributed by atoms with Gasteiger partial charge in [0.2, 0.25) is 0 Å². The molecule has 76 valence electrons. The van der Waals surface area contributed by atoms with Crippen LogP contribution < -0.4 is 5.32 Å². The minimum atomic E-state index is 0.244. The highest BCUT2D eigenvalue weighted by Gasteiger charge is 2.31. The average Bonchev–Trinajstić information content (AvgIpc) is 2.73. The lowest BCUT2D eigenvalue weighted by Crippen LogP contribution is -2.36. The summed E-state index contributed by atoms with van der Waals surface area (Å²) in [5.41, 5.74) is 1.39. The third kappa shape index (κ3) is 1.69. The second kappa shape index (κ2) is 3.19. The van der Waals surface area contributed by atoms with Crippen molar-refractivity contribution in [3.05, 3.63) is 35.8 Å². The van der Waals surface area contributed by atoms with Crippen LogP contribution in [0.25, 0.3) is 0 Å². The molecule has 2 heteroatoms. The van der Waals surface area contributed by atoms with Crippen LogP contribution in [0.2, 0.25) is 0 Å². The average molecular weight is 191 g/mol. The third-order valence-corrected chi connectivity index (χ3v) is 2.67. The van der Waals surface area contributed by atoms with Crippen molar-refractivity contribution in [1.82, 2.24) is 5.32 Å². The van der Waals surface area contributed by atoms with Gasteiger partial charge in [-0.15, -0.1) is 0 Å². The number of nitrogens with one attached hydrogen (secondary N) is 1. The Morgan fingerprint density at radius 3 is 2.43 bits per heavy atom. The molecule has 1 saturated heterocycles. The van der Waals surface area contributed by atoms with Gasteiger partial charge in [0.15, 0.2) is 5.88 Å². The van der Waals surface area contributed by atoms with Gasteiger partial charge in [-0.05, 0) is 17.6 Å². The van der Waals surface area contributed by atoms with E-state index in [1.807, 2.05) is 12.2 Å². The lowest BCUT2D eigenvalue weighted by molar-refractivity contribution is 0.214. The molecule has 2 nitrogen and oxygen atoms in total. The van der Waals surface area contributed by atoms with E-state index in [1.165, 1.54) is 0 Å². The first-order valence-electron chi connectivity index (χ1n) is 5.06. The zero-order chi connectivity index (χ0) is 10.2. The van der Waals surface area contributed by atoms with Crippen molar-refractivity contribution >= 4 is 0 Å². The van der Waals surface area contributed by atoms with Crippen LogP contribution in [-0.4, -0.2) is 12.6 Å². The van der Waals surface area contributed by atoms with Crippen LogP contribution in [0, 0.1) is 5.41 Å². The lowest BCUT2D eigenvalue weighted by atomic mass is 9.88. The SMILES string of the molecule is CC(C)(C)C1COC(=C2C=CC=C2)N1. The minimum Gasteiger partial charge on any atom is -0.477 e. The standard InChI is InChI=1S/C12H17NO/c1-12(2,3)10-8-14-11(13-10)9-6-4-5-7-9/h4-7,10,13H,8H2,1-3H3. The van der Waals surface area contributed by atoms with Crippen molar-refractivity contribution in [2.24, 2.45) is 5.41 Å². The molecule has 1 fully saturated rings. The topological polar surface area (TPSA) is 21.3 Å². The van der Waals surface area contributed by atoms with Crippen molar-refractivity contribution in [3.63, 3.8) is 0 Å². The second-order valence-electron chi connectivity index (χ2n) is 4.88. The van der Waals surface area contributed by atoms with Crippen LogP contribution in [0.15, 0.2) is 35.8 Å². The van der Waals surface area contributed by atoms with Gasteiger partial charge in [0.05, 0.1) is 6.04 Å². The van der Waals surface area contributed by atoms with E-state index in [2.05, 4.69) is 38.2 Å². The summed E-state index contributed by atoms with van der Waals surface area (Å²) in [6.07, 6.45) is 8.18. The molecule has 1 N–H and O–H groups in total. The van der Waals surface area contributed by atoms with E-state index in [-0.39, 0.29) is 5.41 Å². The maximum absolute atomic E-state index is 5.64. The Bertz CT molecular complexity index is 304. The zero-order valence-electron chi connectivity index (χ0n) is 9.00. The Morgan fingerprint density at radius 1 is 1.29 bits per heavy atom. The fraction of sp³-hybridized carbons (Fsp3) is 0.500. The van der Waals surface area contributed by atoms with Gasteiger partial charge in [0.25, 0.3) is 0 Å². The van der Waals surface area contributed by atoms with Gasteiger partial charge >= 0.3 is 0 Å². The molecular weight excluding hydrogens is 174 g/mol. The first-order chi connectivity index (χ1) is 6.57. The molecule has 1 heterocycles. The molecule has 2 aliphatic rings. The molecule has 0 aromatic carbocycles. The van der Waals surface area contributed by atoms with Gasteiger partial charge in [0.1, 0.15) is 6.61 Å². The van der Waals surface area contributed by atoms with Gasteiger partial charge in [-0.25, -0.2) is 0 Å². The highest BCUT2D eigenvalue weighted by Crippen LogP contribution is 2.27. The van der Waals surface area contributed by atoms with Crippen LogP contribution in [0.4, 0.5) is 0 Å². The molecule has 0 radical (unpaired) electrons. The summed E-state index contributed by atoms with van der Waals surface area (Å²) in [5.74, 6) is 0.926. The van der Waals surface area contributed by atoms with Crippen LogP contribution in [-0.2, 0) is 4.74 Å². The minimum absolute atomic E-state index is 0.244. The summed E-state index contributed by atoms with van der Waals surface area (Å²) < 4.78 is 5.64. The largest absolute Gasteiger partial charge is 0.477 e. The van der Waals surface area contributed by atoms with Gasteiger partial charge in [0, 0.05) is 5.57 Å². The highest BCUT2D eigenvalue weighted by molar-refractivity contribution is 5.42. The number of ether oxygens (including phenoxy) is 1. The van der Waals surface area contributed by atoms with Crippen molar-refractivity contribution in [3.8, 4) is 0 Å². The summed E-state index contributed by atoms with van der Waals surface area (Å²) in [6, 6.07) is 0.410. The number of hydrogen-bond donors (Lipinski definition) is 1. The van der Waals surface area contributed by atoms with E-state index < -0.39 is 0 Å². The molecule has 0 amide bonds. The summed E-state index contributed by atoms with van der Waals surface area (Å²) in [7, 11) is 0. The molecule has 1 unspecified atom stereocenters. The van der Waals surface area contributed by atoms with Crippen molar-refractivity contribution in [1.29, 1.82) is 0 Å². The Kier molecular flexibility index (Phi) is 2.14. The maximum Gasteiger partial charge on any atom is 0.194 e. The van der Waals surface area contributed by atoms with E-state index in [4.69, 9.17) is 4.74 Å². The van der Waals surface area contributed by atoms with Crippen molar-refractivity contribution < 1.29 is 4.74 Å². The van der Waals surface area contributed by atoms with Crippen molar-refractivity contribution in [2.45, 2.75) is 26.8 Å². The summed E-state index contributed by atoms with van der Waals surface area (Å²) in [6.45, 7) is 7.44. The van der Waals surface area contributed by atoms with Crippen LogP contribution in [0.3, 0.4) is 0 Å². The summed E-state index contributed by atoms with van der Waals surface area (Å²) in [5, 5.41) is 3.43. The van der Waals surface area contributed by atoms with E-state index >= 15 is 0 Å². The van der Waals surface area contributed by atoms with Crippen LogP contribution in [0.1, 0.15) is 20.8 Å².